The minimum atomic E-state index is -3.50. The highest BCUT2D eigenvalue weighted by Crippen LogP contribution is 2.18. The average molecular weight is 561 g/mol. The lowest BCUT2D eigenvalue weighted by molar-refractivity contribution is 0.129. The second kappa shape index (κ2) is 12.3. The average Bonchev–Trinajstić information content (AvgIpc) is 3.19. The van der Waals surface area contributed by atoms with E-state index in [-0.39, 0.29) is 41.5 Å². The van der Waals surface area contributed by atoms with Crippen molar-refractivity contribution in [1.82, 2.24) is 19.5 Å². The van der Waals surface area contributed by atoms with Crippen molar-refractivity contribution in [3.05, 3.63) is 48.8 Å². The van der Waals surface area contributed by atoms with Gasteiger partial charge in [-0.2, -0.15) is 0 Å². The highest BCUT2D eigenvalue weighted by Gasteiger charge is 2.22. The molecule has 2 N–H and O–H groups in total. The Bertz CT molecular complexity index is 926. The largest absolute Gasteiger partial charge is 0.490 e. The third kappa shape index (κ3) is 7.69. The van der Waals surface area contributed by atoms with Crippen LogP contribution in [0.3, 0.4) is 0 Å². The zero-order valence-electron chi connectivity index (χ0n) is 18.0. The van der Waals surface area contributed by atoms with E-state index < -0.39 is 10.0 Å². The van der Waals surface area contributed by atoms with Gasteiger partial charge in [-0.25, -0.2) is 13.1 Å². The summed E-state index contributed by atoms with van der Waals surface area (Å²) in [5.41, 5.74) is 0. The molecule has 10 heteroatoms. The number of aromatic nitrogens is 1. The number of halogens is 1. The predicted octanol–water partition coefficient (Wildman–Crippen LogP) is 2.43. The molecule has 0 amide bonds. The molecule has 1 aromatic heterocycles. The number of piperidine rings is 1. The third-order valence-corrected chi connectivity index (χ3v) is 6.35. The first-order valence-electron chi connectivity index (χ1n) is 10.3. The van der Waals surface area contributed by atoms with Crippen LogP contribution < -0.4 is 14.8 Å². The maximum Gasteiger partial charge on any atom is 0.242 e. The van der Waals surface area contributed by atoms with Crippen LogP contribution >= 0.6 is 24.0 Å². The number of nitrogens with zero attached hydrogens (tertiary/aromatic N) is 3. The van der Waals surface area contributed by atoms with E-state index in [1.165, 1.54) is 0 Å². The Morgan fingerprint density at radius 1 is 1.19 bits per heavy atom. The number of nitrogens with one attached hydrogen (secondary N) is 2. The van der Waals surface area contributed by atoms with E-state index in [2.05, 4.69) is 19.9 Å². The van der Waals surface area contributed by atoms with Crippen molar-refractivity contribution >= 4 is 40.0 Å². The summed E-state index contributed by atoms with van der Waals surface area (Å²) < 4.78 is 35.0. The van der Waals surface area contributed by atoms with Crippen LogP contribution in [0.2, 0.25) is 0 Å². The Morgan fingerprint density at radius 3 is 2.52 bits per heavy atom. The van der Waals surface area contributed by atoms with Crippen LogP contribution in [-0.4, -0.2) is 62.7 Å². The maximum atomic E-state index is 12.3. The zero-order valence-corrected chi connectivity index (χ0v) is 21.2. The quantitative estimate of drug-likeness (QED) is 0.224. The molecule has 0 aliphatic carbocycles. The smallest absolute Gasteiger partial charge is 0.242 e. The highest BCUT2D eigenvalue weighted by atomic mass is 127. The number of hydrogen-bond donors (Lipinski definition) is 2. The highest BCUT2D eigenvalue weighted by molar-refractivity contribution is 14.0. The lowest BCUT2D eigenvalue weighted by atomic mass is 10.1. The molecule has 8 nitrogen and oxygen atoms in total. The van der Waals surface area contributed by atoms with Crippen LogP contribution in [0.5, 0.6) is 5.75 Å². The lowest BCUT2D eigenvalue weighted by Crippen LogP contribution is -2.47. The zero-order chi connectivity index (χ0) is 21.4. The molecule has 1 aromatic carbocycles. The van der Waals surface area contributed by atoms with Crippen LogP contribution in [0.1, 0.15) is 19.8 Å². The molecule has 0 unspecified atom stereocenters. The fraction of sp³-hybridized carbons (Fsp3) is 0.476. The van der Waals surface area contributed by atoms with Gasteiger partial charge in [0.05, 0.1) is 11.4 Å². The number of benzene rings is 1. The summed E-state index contributed by atoms with van der Waals surface area (Å²) in [6.07, 6.45) is 5.32. The van der Waals surface area contributed by atoms with Gasteiger partial charge in [0.25, 0.3) is 0 Å². The molecule has 31 heavy (non-hydrogen) atoms. The first-order valence-corrected chi connectivity index (χ1v) is 11.8. The summed E-state index contributed by atoms with van der Waals surface area (Å²) in [6.45, 7) is 5.10. The molecule has 3 rings (SSSR count). The number of aliphatic imine (C=N–C) groups is 1. The fourth-order valence-electron chi connectivity index (χ4n) is 3.36. The number of hydrogen-bond acceptors (Lipinski definition) is 4. The number of guanidine groups is 1. The summed E-state index contributed by atoms with van der Waals surface area (Å²) in [5.74, 6) is 1.72. The van der Waals surface area contributed by atoms with E-state index >= 15 is 0 Å². The molecule has 0 saturated carbocycles. The summed E-state index contributed by atoms with van der Waals surface area (Å²) in [6, 6.07) is 11.5. The Hall–Kier alpha value is -1.79. The van der Waals surface area contributed by atoms with Gasteiger partial charge in [0.1, 0.15) is 11.9 Å². The van der Waals surface area contributed by atoms with Gasteiger partial charge in [-0.05, 0) is 25.1 Å². The second-order valence-electron chi connectivity index (χ2n) is 7.26. The molecule has 0 spiro atoms. The van der Waals surface area contributed by atoms with Gasteiger partial charge in [0.15, 0.2) is 5.96 Å². The van der Waals surface area contributed by atoms with Gasteiger partial charge < -0.3 is 19.5 Å². The number of sulfonamides is 1. The van der Waals surface area contributed by atoms with Crippen LogP contribution in [0.4, 0.5) is 0 Å². The number of para-hydroxylation sites is 1. The Morgan fingerprint density at radius 2 is 1.90 bits per heavy atom. The molecule has 2 aromatic rings. The van der Waals surface area contributed by atoms with Crippen molar-refractivity contribution in [2.75, 3.05) is 32.7 Å². The number of rotatable bonds is 8. The first kappa shape index (κ1) is 25.5. The molecule has 0 atom stereocenters. The van der Waals surface area contributed by atoms with Gasteiger partial charge in [-0.15, -0.1) is 24.0 Å². The molecule has 1 aliphatic rings. The fourth-order valence-corrected chi connectivity index (χ4v) is 4.44. The number of ether oxygens (including phenoxy) is 1. The molecule has 172 valence electrons. The molecular weight excluding hydrogens is 529 g/mol. The minimum absolute atomic E-state index is 0. The predicted molar refractivity (Wildman–Crippen MR) is 134 cm³/mol. The van der Waals surface area contributed by atoms with Crippen molar-refractivity contribution in [3.63, 3.8) is 0 Å². The maximum absolute atomic E-state index is 12.3. The minimum Gasteiger partial charge on any atom is -0.490 e. The molecule has 1 aliphatic heterocycles. The summed E-state index contributed by atoms with van der Waals surface area (Å²) in [4.78, 5) is 7.08. The molecule has 1 saturated heterocycles. The first-order chi connectivity index (χ1) is 14.5. The molecular formula is C21H32IN5O3S. The molecule has 0 radical (unpaired) electrons. The van der Waals surface area contributed by atoms with Crippen molar-refractivity contribution < 1.29 is 13.2 Å². The van der Waals surface area contributed by atoms with Crippen LogP contribution in [0, 0.1) is 0 Å². The lowest BCUT2D eigenvalue weighted by Gasteiger charge is -2.34. The van der Waals surface area contributed by atoms with E-state index in [0.717, 1.165) is 44.2 Å². The van der Waals surface area contributed by atoms with Crippen molar-refractivity contribution in [2.45, 2.75) is 30.8 Å². The van der Waals surface area contributed by atoms with Gasteiger partial charge in [-0.1, -0.05) is 18.2 Å². The monoisotopic (exact) mass is 561 g/mol. The Kier molecular flexibility index (Phi) is 10.1. The van der Waals surface area contributed by atoms with Crippen LogP contribution in [0.25, 0.3) is 0 Å². The Balaban J connectivity index is 0.00000341. The third-order valence-electron chi connectivity index (χ3n) is 4.90. The van der Waals surface area contributed by atoms with Crippen molar-refractivity contribution in [2.24, 2.45) is 12.0 Å². The van der Waals surface area contributed by atoms with Crippen LogP contribution in [0.15, 0.2) is 58.7 Å². The van der Waals surface area contributed by atoms with E-state index in [9.17, 15) is 8.42 Å². The van der Waals surface area contributed by atoms with E-state index in [4.69, 9.17) is 4.74 Å². The topological polar surface area (TPSA) is 88.0 Å². The van der Waals surface area contributed by atoms with Gasteiger partial charge in [0.2, 0.25) is 10.0 Å². The van der Waals surface area contributed by atoms with Gasteiger partial charge in [-0.3, -0.25) is 4.99 Å². The molecule has 1 fully saturated rings. The standard InChI is InChI=1S/C21H31N5O3S.HI/c1-3-22-21(23-12-13-24-30(27,28)20-11-14-25(2)17-20)26-15-9-19(10-16-26)29-18-7-5-4-6-8-18;/h4-8,11,14,17,19,24H,3,9-10,12-13,15-16H2,1-2H3,(H,22,23);1H. The SMILES string of the molecule is CCNC(=NCCNS(=O)(=O)c1ccn(C)c1)N1CCC(Oc2ccccc2)CC1.I. The Labute approximate surface area is 202 Å². The number of likely N-dealkylation sites (tertiary alicyclic amines) is 1. The second-order valence-corrected chi connectivity index (χ2v) is 9.03. The molecule has 0 bridgehead atoms. The normalized spacial score (nSPS) is 15.4. The van der Waals surface area contributed by atoms with Crippen LogP contribution in [-0.2, 0) is 17.1 Å². The van der Waals surface area contributed by atoms with E-state index in [0.29, 0.717) is 6.54 Å². The molecule has 2 heterocycles. The summed E-state index contributed by atoms with van der Waals surface area (Å²) >= 11 is 0. The number of aryl methyl sites for hydroxylation is 1. The van der Waals surface area contributed by atoms with E-state index in [1.807, 2.05) is 37.3 Å². The van der Waals surface area contributed by atoms with Crippen molar-refractivity contribution in [3.8, 4) is 5.75 Å². The summed E-state index contributed by atoms with van der Waals surface area (Å²) in [5, 5.41) is 3.30. The summed E-state index contributed by atoms with van der Waals surface area (Å²) in [7, 11) is -1.71. The van der Waals surface area contributed by atoms with Crippen molar-refractivity contribution in [1.29, 1.82) is 0 Å². The van der Waals surface area contributed by atoms with E-state index in [1.54, 1.807) is 30.1 Å². The van der Waals surface area contributed by atoms with Gasteiger partial charge in [0, 0.05) is 58.5 Å². The van der Waals surface area contributed by atoms with Gasteiger partial charge >= 0.3 is 0 Å².